The number of methoxy groups -OCH3 is 1. The highest BCUT2D eigenvalue weighted by molar-refractivity contribution is 5.96. The van der Waals surface area contributed by atoms with Gasteiger partial charge in [0.05, 0.1) is 12.1 Å². The molecule has 0 aromatic heterocycles. The largest absolute Gasteiger partial charge is 0.399 e. The average Bonchev–Trinajstić information content (AvgIpc) is 2.79. The Labute approximate surface area is 108 Å². The molecule has 3 N–H and O–H groups in total. The van der Waals surface area contributed by atoms with Crippen LogP contribution in [0.4, 0.5) is 5.69 Å². The van der Waals surface area contributed by atoms with Gasteiger partial charge in [-0.2, -0.15) is 0 Å². The maximum absolute atomic E-state index is 12.2. The van der Waals surface area contributed by atoms with Gasteiger partial charge in [-0.1, -0.05) is 6.07 Å². The van der Waals surface area contributed by atoms with E-state index in [0.29, 0.717) is 11.3 Å². The number of rotatable bonds is 3. The lowest BCUT2D eigenvalue weighted by molar-refractivity contribution is 0.0722. The van der Waals surface area contributed by atoms with Crippen molar-refractivity contribution in [2.45, 2.75) is 38.3 Å². The van der Waals surface area contributed by atoms with Crippen LogP contribution in [-0.4, -0.2) is 25.2 Å². The number of amides is 1. The number of ether oxygens (including phenoxy) is 1. The van der Waals surface area contributed by atoms with Gasteiger partial charge >= 0.3 is 0 Å². The standard InChI is InChI=1S/C14H20N2O2/c1-9-6-7-10(15)8-11(9)14(17)16-12-4-3-5-13(12)18-2/h6-8,12-13H,3-5,15H2,1-2H3,(H,16,17). The van der Waals surface area contributed by atoms with Gasteiger partial charge in [0.1, 0.15) is 0 Å². The number of benzene rings is 1. The van der Waals surface area contributed by atoms with Crippen molar-refractivity contribution in [2.75, 3.05) is 12.8 Å². The summed E-state index contributed by atoms with van der Waals surface area (Å²) in [7, 11) is 1.70. The summed E-state index contributed by atoms with van der Waals surface area (Å²) < 4.78 is 5.38. The third-order valence-corrected chi connectivity index (χ3v) is 3.58. The molecule has 1 aromatic rings. The highest BCUT2D eigenvalue weighted by Crippen LogP contribution is 2.22. The minimum atomic E-state index is -0.0613. The molecule has 0 bridgehead atoms. The summed E-state index contributed by atoms with van der Waals surface area (Å²) in [6.07, 6.45) is 3.22. The molecule has 0 aliphatic heterocycles. The Morgan fingerprint density at radius 1 is 1.44 bits per heavy atom. The van der Waals surface area contributed by atoms with Gasteiger partial charge in [0, 0.05) is 18.4 Å². The van der Waals surface area contributed by atoms with Crippen LogP contribution >= 0.6 is 0 Å². The first-order chi connectivity index (χ1) is 8.61. The second-order valence-electron chi connectivity index (χ2n) is 4.86. The quantitative estimate of drug-likeness (QED) is 0.803. The lowest BCUT2D eigenvalue weighted by Gasteiger charge is -2.20. The maximum atomic E-state index is 12.2. The summed E-state index contributed by atoms with van der Waals surface area (Å²) in [6.45, 7) is 1.91. The number of anilines is 1. The van der Waals surface area contributed by atoms with E-state index >= 15 is 0 Å². The second kappa shape index (κ2) is 5.40. The summed E-state index contributed by atoms with van der Waals surface area (Å²) in [5.41, 5.74) is 7.92. The van der Waals surface area contributed by atoms with Gasteiger partial charge in [-0.25, -0.2) is 0 Å². The Morgan fingerprint density at radius 2 is 2.22 bits per heavy atom. The van der Waals surface area contributed by atoms with Crippen molar-refractivity contribution in [3.05, 3.63) is 29.3 Å². The molecule has 2 rings (SSSR count). The summed E-state index contributed by atoms with van der Waals surface area (Å²) in [6, 6.07) is 5.51. The third kappa shape index (κ3) is 2.64. The fourth-order valence-corrected chi connectivity index (χ4v) is 2.50. The molecule has 2 atom stereocenters. The molecule has 1 aromatic carbocycles. The number of hydrogen-bond acceptors (Lipinski definition) is 3. The van der Waals surface area contributed by atoms with E-state index in [1.165, 1.54) is 0 Å². The van der Waals surface area contributed by atoms with Crippen molar-refractivity contribution in [3.63, 3.8) is 0 Å². The van der Waals surface area contributed by atoms with E-state index in [1.54, 1.807) is 19.2 Å². The van der Waals surface area contributed by atoms with Gasteiger partial charge in [0.25, 0.3) is 5.91 Å². The van der Waals surface area contributed by atoms with Gasteiger partial charge in [0.2, 0.25) is 0 Å². The molecular formula is C14H20N2O2. The molecule has 4 nitrogen and oxygen atoms in total. The van der Waals surface area contributed by atoms with Crippen molar-refractivity contribution in [1.82, 2.24) is 5.32 Å². The first-order valence-electron chi connectivity index (χ1n) is 6.31. The van der Waals surface area contributed by atoms with Crippen LogP contribution in [0.2, 0.25) is 0 Å². The molecule has 1 saturated carbocycles. The lowest BCUT2D eigenvalue weighted by Crippen LogP contribution is -2.40. The first-order valence-corrected chi connectivity index (χ1v) is 6.31. The van der Waals surface area contributed by atoms with E-state index < -0.39 is 0 Å². The molecule has 1 amide bonds. The summed E-state index contributed by atoms with van der Waals surface area (Å²) >= 11 is 0. The monoisotopic (exact) mass is 248 g/mol. The molecule has 1 fully saturated rings. The molecule has 18 heavy (non-hydrogen) atoms. The zero-order chi connectivity index (χ0) is 13.1. The minimum Gasteiger partial charge on any atom is -0.399 e. The predicted octanol–water partition coefficient (Wildman–Crippen LogP) is 1.87. The summed E-state index contributed by atoms with van der Waals surface area (Å²) in [5, 5.41) is 3.04. The van der Waals surface area contributed by atoms with Crippen LogP contribution in [0.5, 0.6) is 0 Å². The van der Waals surface area contributed by atoms with E-state index in [9.17, 15) is 4.79 Å². The Bertz CT molecular complexity index is 445. The number of carbonyl (C=O) groups is 1. The van der Waals surface area contributed by atoms with Gasteiger partial charge in [-0.05, 0) is 43.9 Å². The van der Waals surface area contributed by atoms with E-state index in [-0.39, 0.29) is 18.1 Å². The SMILES string of the molecule is COC1CCCC1NC(=O)c1cc(N)ccc1C. The minimum absolute atomic E-state index is 0.0613. The number of nitrogens with two attached hydrogens (primary N) is 1. The number of carbonyl (C=O) groups excluding carboxylic acids is 1. The van der Waals surface area contributed by atoms with Crippen molar-refractivity contribution in [1.29, 1.82) is 0 Å². The molecule has 4 heteroatoms. The molecule has 0 heterocycles. The highest BCUT2D eigenvalue weighted by Gasteiger charge is 2.28. The van der Waals surface area contributed by atoms with Gasteiger partial charge < -0.3 is 15.8 Å². The van der Waals surface area contributed by atoms with E-state index in [2.05, 4.69) is 5.32 Å². The maximum Gasteiger partial charge on any atom is 0.251 e. The van der Waals surface area contributed by atoms with Crippen LogP contribution in [-0.2, 0) is 4.74 Å². The first kappa shape index (κ1) is 12.9. The Kier molecular flexibility index (Phi) is 3.87. The van der Waals surface area contributed by atoms with Crippen LogP contribution in [0.3, 0.4) is 0 Å². The fraction of sp³-hybridized carbons (Fsp3) is 0.500. The Hall–Kier alpha value is -1.55. The van der Waals surface area contributed by atoms with Crippen LogP contribution in [0.25, 0.3) is 0 Å². The number of aryl methyl sites for hydroxylation is 1. The van der Waals surface area contributed by atoms with E-state index in [4.69, 9.17) is 10.5 Å². The molecule has 0 radical (unpaired) electrons. The third-order valence-electron chi connectivity index (χ3n) is 3.58. The van der Waals surface area contributed by atoms with Gasteiger partial charge in [-0.15, -0.1) is 0 Å². The van der Waals surface area contributed by atoms with E-state index in [1.807, 2.05) is 13.0 Å². The number of nitrogens with one attached hydrogen (secondary N) is 1. The van der Waals surface area contributed by atoms with Crippen LogP contribution in [0.15, 0.2) is 18.2 Å². The second-order valence-corrected chi connectivity index (χ2v) is 4.86. The van der Waals surface area contributed by atoms with Crippen molar-refractivity contribution in [2.24, 2.45) is 0 Å². The summed E-state index contributed by atoms with van der Waals surface area (Å²) in [4.78, 5) is 12.2. The lowest BCUT2D eigenvalue weighted by atomic mass is 10.1. The van der Waals surface area contributed by atoms with Crippen molar-refractivity contribution >= 4 is 11.6 Å². The number of hydrogen-bond donors (Lipinski definition) is 2. The zero-order valence-corrected chi connectivity index (χ0v) is 10.9. The number of nitrogen functional groups attached to an aromatic ring is 1. The molecule has 1 aliphatic carbocycles. The molecule has 98 valence electrons. The molecule has 2 unspecified atom stereocenters. The Balaban J connectivity index is 2.09. The van der Waals surface area contributed by atoms with Gasteiger partial charge in [-0.3, -0.25) is 4.79 Å². The fourth-order valence-electron chi connectivity index (χ4n) is 2.50. The highest BCUT2D eigenvalue weighted by atomic mass is 16.5. The smallest absolute Gasteiger partial charge is 0.251 e. The van der Waals surface area contributed by atoms with Gasteiger partial charge in [0.15, 0.2) is 0 Å². The average molecular weight is 248 g/mol. The molecule has 0 spiro atoms. The van der Waals surface area contributed by atoms with Crippen LogP contribution < -0.4 is 11.1 Å². The molecule has 1 aliphatic rings. The molecule has 0 saturated heterocycles. The van der Waals surface area contributed by atoms with Crippen LogP contribution in [0, 0.1) is 6.92 Å². The molecular weight excluding hydrogens is 228 g/mol. The van der Waals surface area contributed by atoms with E-state index in [0.717, 1.165) is 24.8 Å². The Morgan fingerprint density at radius 3 is 2.94 bits per heavy atom. The van der Waals surface area contributed by atoms with Crippen molar-refractivity contribution < 1.29 is 9.53 Å². The predicted molar refractivity (Wildman–Crippen MR) is 71.5 cm³/mol. The zero-order valence-electron chi connectivity index (χ0n) is 10.9. The topological polar surface area (TPSA) is 64.3 Å². The van der Waals surface area contributed by atoms with Crippen molar-refractivity contribution in [3.8, 4) is 0 Å². The normalized spacial score (nSPS) is 23.0. The summed E-state index contributed by atoms with van der Waals surface area (Å²) in [5.74, 6) is -0.0613. The van der Waals surface area contributed by atoms with Crippen LogP contribution in [0.1, 0.15) is 35.2 Å².